The number of thiophene rings is 1. The van der Waals surface area contributed by atoms with Gasteiger partial charge in [-0.3, -0.25) is 0 Å². The predicted molar refractivity (Wildman–Crippen MR) is 65.7 cm³/mol. The molecule has 0 aliphatic rings. The van der Waals surface area contributed by atoms with Crippen molar-refractivity contribution in [2.24, 2.45) is 0 Å². The molecule has 3 aromatic rings. The summed E-state index contributed by atoms with van der Waals surface area (Å²) in [7, 11) is 0. The highest BCUT2D eigenvalue weighted by molar-refractivity contribution is 7.19. The third-order valence-electron chi connectivity index (χ3n) is 2.22. The summed E-state index contributed by atoms with van der Waals surface area (Å²) in [5.74, 6) is 0. The molecular weight excluding hydrogens is 244 g/mol. The molecule has 0 fully saturated rings. The molecule has 4 nitrogen and oxygen atoms in total. The van der Waals surface area contributed by atoms with E-state index in [1.807, 2.05) is 12.1 Å². The molecule has 3 rings (SSSR count). The van der Waals surface area contributed by atoms with Crippen LogP contribution in [0.3, 0.4) is 0 Å². The fraction of sp³-hybridized carbons (Fsp3) is 0. The highest BCUT2D eigenvalue weighted by Gasteiger charge is 2.09. The number of rotatable bonds is 1. The summed E-state index contributed by atoms with van der Waals surface area (Å²) in [5, 5.41) is 4.20. The first-order chi connectivity index (χ1) is 7.74. The Morgan fingerprint density at radius 1 is 1.31 bits per heavy atom. The van der Waals surface area contributed by atoms with Crippen LogP contribution >= 0.6 is 22.9 Å². The highest BCUT2D eigenvalue weighted by Crippen LogP contribution is 2.32. The number of aromatic nitrogens is 3. The fourth-order valence-corrected chi connectivity index (χ4v) is 2.57. The molecular formula is C10H7ClN4S. The van der Waals surface area contributed by atoms with Gasteiger partial charge < -0.3 is 5.73 Å². The number of nitrogens with zero attached hydrogens (tertiary/aromatic N) is 3. The SMILES string of the molecule is Nc1cnc2c(-c3ccc(Cl)s3)cnn2c1. The number of hydrogen-bond donors (Lipinski definition) is 1. The van der Waals surface area contributed by atoms with Crippen molar-refractivity contribution in [3.8, 4) is 10.4 Å². The Bertz CT molecular complexity index is 658. The summed E-state index contributed by atoms with van der Waals surface area (Å²) < 4.78 is 2.42. The lowest BCUT2D eigenvalue weighted by Crippen LogP contribution is -1.94. The smallest absolute Gasteiger partial charge is 0.163 e. The first kappa shape index (κ1) is 9.62. The molecule has 2 N–H and O–H groups in total. The van der Waals surface area contributed by atoms with Crippen molar-refractivity contribution in [2.45, 2.75) is 0 Å². The van der Waals surface area contributed by atoms with Gasteiger partial charge in [-0.2, -0.15) is 5.10 Å². The van der Waals surface area contributed by atoms with Gasteiger partial charge in [-0.1, -0.05) is 11.6 Å². The first-order valence-electron chi connectivity index (χ1n) is 4.58. The molecule has 0 aliphatic heterocycles. The van der Waals surface area contributed by atoms with Gasteiger partial charge in [0.25, 0.3) is 0 Å². The average molecular weight is 251 g/mol. The number of nitrogen functional groups attached to an aromatic ring is 1. The second kappa shape index (κ2) is 3.47. The van der Waals surface area contributed by atoms with Gasteiger partial charge in [0.2, 0.25) is 0 Å². The molecule has 0 unspecified atom stereocenters. The topological polar surface area (TPSA) is 56.2 Å². The van der Waals surface area contributed by atoms with Crippen molar-refractivity contribution < 1.29 is 0 Å². The van der Waals surface area contributed by atoms with E-state index in [4.69, 9.17) is 17.3 Å². The van der Waals surface area contributed by atoms with Crippen LogP contribution in [0.2, 0.25) is 4.34 Å². The van der Waals surface area contributed by atoms with Crippen molar-refractivity contribution >= 4 is 34.3 Å². The maximum Gasteiger partial charge on any atom is 0.163 e. The lowest BCUT2D eigenvalue weighted by molar-refractivity contribution is 0.942. The van der Waals surface area contributed by atoms with Gasteiger partial charge in [-0.15, -0.1) is 11.3 Å². The van der Waals surface area contributed by atoms with Crippen LogP contribution in [0.15, 0.2) is 30.7 Å². The van der Waals surface area contributed by atoms with Gasteiger partial charge in [0.05, 0.1) is 34.2 Å². The van der Waals surface area contributed by atoms with Crippen LogP contribution in [0.1, 0.15) is 0 Å². The Labute approximate surface area is 100 Å². The van der Waals surface area contributed by atoms with Crippen LogP contribution in [0.25, 0.3) is 16.1 Å². The molecule has 16 heavy (non-hydrogen) atoms. The molecule has 0 spiro atoms. The van der Waals surface area contributed by atoms with Crippen LogP contribution in [0, 0.1) is 0 Å². The zero-order valence-electron chi connectivity index (χ0n) is 8.09. The zero-order chi connectivity index (χ0) is 11.1. The van der Waals surface area contributed by atoms with Crippen LogP contribution < -0.4 is 5.73 Å². The normalized spacial score (nSPS) is 11.1. The minimum absolute atomic E-state index is 0.589. The van der Waals surface area contributed by atoms with Gasteiger partial charge in [0.1, 0.15) is 0 Å². The van der Waals surface area contributed by atoms with Crippen molar-refractivity contribution in [3.63, 3.8) is 0 Å². The average Bonchev–Trinajstić information content (AvgIpc) is 2.83. The summed E-state index contributed by atoms with van der Waals surface area (Å²) in [5.41, 5.74) is 7.98. The molecule has 3 heterocycles. The maximum atomic E-state index is 5.90. The predicted octanol–water partition coefficient (Wildman–Crippen LogP) is 2.69. The minimum Gasteiger partial charge on any atom is -0.396 e. The summed E-state index contributed by atoms with van der Waals surface area (Å²) in [4.78, 5) is 5.32. The Hall–Kier alpha value is -1.59. The fourth-order valence-electron chi connectivity index (χ4n) is 1.52. The van der Waals surface area contributed by atoms with E-state index in [0.717, 1.165) is 20.4 Å². The molecule has 0 radical (unpaired) electrons. The van der Waals surface area contributed by atoms with Gasteiger partial charge >= 0.3 is 0 Å². The largest absolute Gasteiger partial charge is 0.396 e. The quantitative estimate of drug-likeness (QED) is 0.722. The molecule has 0 saturated carbocycles. The van der Waals surface area contributed by atoms with Gasteiger partial charge in [0, 0.05) is 4.88 Å². The third-order valence-corrected chi connectivity index (χ3v) is 3.48. The second-order valence-electron chi connectivity index (χ2n) is 3.32. The number of fused-ring (bicyclic) bond motifs is 1. The summed E-state index contributed by atoms with van der Waals surface area (Å²) >= 11 is 7.41. The molecule has 0 bridgehead atoms. The van der Waals surface area contributed by atoms with E-state index in [1.165, 1.54) is 11.3 Å². The molecule has 0 aliphatic carbocycles. The number of nitrogens with two attached hydrogens (primary N) is 1. The van der Waals surface area contributed by atoms with Crippen LogP contribution in [-0.2, 0) is 0 Å². The Morgan fingerprint density at radius 2 is 2.19 bits per heavy atom. The van der Waals surface area contributed by atoms with Gasteiger partial charge in [0.15, 0.2) is 5.65 Å². The number of anilines is 1. The van der Waals surface area contributed by atoms with Crippen LogP contribution in [0.4, 0.5) is 5.69 Å². The van der Waals surface area contributed by atoms with E-state index in [0.29, 0.717) is 5.69 Å². The summed E-state index contributed by atoms with van der Waals surface area (Å²) in [6.07, 6.45) is 5.13. The second-order valence-corrected chi connectivity index (χ2v) is 5.03. The molecule has 0 atom stereocenters. The molecule has 0 amide bonds. The standard InChI is InChI=1S/C10H7ClN4S/c11-9-2-1-8(16-9)7-4-14-15-5-6(12)3-13-10(7)15/h1-5H,12H2. The van der Waals surface area contributed by atoms with E-state index in [2.05, 4.69) is 10.1 Å². The van der Waals surface area contributed by atoms with E-state index >= 15 is 0 Å². The van der Waals surface area contributed by atoms with Gasteiger partial charge in [-0.25, -0.2) is 9.50 Å². The lowest BCUT2D eigenvalue weighted by Gasteiger charge is -1.96. The Morgan fingerprint density at radius 3 is 2.94 bits per heavy atom. The Kier molecular flexibility index (Phi) is 2.08. The third kappa shape index (κ3) is 1.45. The van der Waals surface area contributed by atoms with Crippen molar-refractivity contribution in [1.29, 1.82) is 0 Å². The van der Waals surface area contributed by atoms with E-state index < -0.39 is 0 Å². The molecule has 0 saturated heterocycles. The Balaban J connectivity index is 2.25. The summed E-state index contributed by atoms with van der Waals surface area (Å²) in [6.45, 7) is 0. The van der Waals surface area contributed by atoms with E-state index in [1.54, 1.807) is 23.1 Å². The van der Waals surface area contributed by atoms with E-state index in [9.17, 15) is 0 Å². The molecule has 3 aromatic heterocycles. The summed E-state index contributed by atoms with van der Waals surface area (Å²) in [6, 6.07) is 3.82. The van der Waals surface area contributed by atoms with Crippen LogP contribution in [-0.4, -0.2) is 14.6 Å². The first-order valence-corrected chi connectivity index (χ1v) is 5.78. The van der Waals surface area contributed by atoms with Gasteiger partial charge in [-0.05, 0) is 12.1 Å². The molecule has 80 valence electrons. The highest BCUT2D eigenvalue weighted by atomic mass is 35.5. The number of halogens is 1. The molecule has 6 heteroatoms. The van der Waals surface area contributed by atoms with Crippen molar-refractivity contribution in [2.75, 3.05) is 5.73 Å². The maximum absolute atomic E-state index is 5.90. The zero-order valence-corrected chi connectivity index (χ0v) is 9.66. The molecule has 0 aromatic carbocycles. The van der Waals surface area contributed by atoms with Crippen molar-refractivity contribution in [3.05, 3.63) is 35.1 Å². The minimum atomic E-state index is 0.589. The van der Waals surface area contributed by atoms with E-state index in [-0.39, 0.29) is 0 Å². The monoisotopic (exact) mass is 250 g/mol. The van der Waals surface area contributed by atoms with Crippen molar-refractivity contribution in [1.82, 2.24) is 14.6 Å². The number of hydrogen-bond acceptors (Lipinski definition) is 4. The van der Waals surface area contributed by atoms with Crippen LogP contribution in [0.5, 0.6) is 0 Å². The lowest BCUT2D eigenvalue weighted by atomic mass is 10.3.